The van der Waals surface area contributed by atoms with Gasteiger partial charge in [-0.15, -0.1) is 0 Å². The van der Waals surface area contributed by atoms with Crippen LogP contribution >= 0.6 is 0 Å². The Bertz CT molecular complexity index is 571. The van der Waals surface area contributed by atoms with E-state index in [9.17, 15) is 14.9 Å². The zero-order chi connectivity index (χ0) is 15.6. The fraction of sp³-hybridized carbons (Fsp3) is 0.500. The van der Waals surface area contributed by atoms with Crippen molar-refractivity contribution in [3.63, 3.8) is 0 Å². The number of nitro benzene ring substituents is 1. The van der Waals surface area contributed by atoms with Crippen LogP contribution in [0.5, 0.6) is 5.75 Å². The van der Waals surface area contributed by atoms with E-state index in [1.807, 2.05) is 0 Å². The number of primary amides is 1. The summed E-state index contributed by atoms with van der Waals surface area (Å²) in [5.74, 6) is -0.394. The number of carbonyl (C=O) groups is 1. The van der Waals surface area contributed by atoms with E-state index in [-0.39, 0.29) is 24.1 Å². The predicted octanol–water partition coefficient (Wildman–Crippen LogP) is 1.28. The van der Waals surface area contributed by atoms with Gasteiger partial charge in [-0.05, 0) is 32.8 Å². The molecule has 0 spiro atoms. The van der Waals surface area contributed by atoms with Gasteiger partial charge >= 0.3 is 5.69 Å². The molecule has 1 unspecified atom stereocenters. The van der Waals surface area contributed by atoms with Crippen molar-refractivity contribution < 1.29 is 14.5 Å². The van der Waals surface area contributed by atoms with Crippen molar-refractivity contribution in [2.45, 2.75) is 38.3 Å². The largest absolute Gasteiger partial charge is 0.484 e. The molecule has 1 amide bonds. The summed E-state index contributed by atoms with van der Waals surface area (Å²) in [4.78, 5) is 22.3. The average molecular weight is 293 g/mol. The SMILES string of the molecule is Cc1cccc(OCC(C)(NC2CC2)C(N)=O)c1[N+](=O)[O-]. The summed E-state index contributed by atoms with van der Waals surface area (Å²) in [6, 6.07) is 5.09. The first-order valence-electron chi connectivity index (χ1n) is 6.78. The van der Waals surface area contributed by atoms with E-state index in [2.05, 4.69) is 5.32 Å². The van der Waals surface area contributed by atoms with Crippen LogP contribution in [-0.2, 0) is 4.79 Å². The van der Waals surface area contributed by atoms with Gasteiger partial charge in [-0.3, -0.25) is 20.2 Å². The van der Waals surface area contributed by atoms with Gasteiger partial charge in [0.25, 0.3) is 0 Å². The summed E-state index contributed by atoms with van der Waals surface area (Å²) < 4.78 is 5.53. The van der Waals surface area contributed by atoms with E-state index in [4.69, 9.17) is 10.5 Å². The first kappa shape index (κ1) is 15.2. The lowest BCUT2D eigenvalue weighted by atomic mass is 10.0. The molecule has 1 saturated carbocycles. The second-order valence-corrected chi connectivity index (χ2v) is 5.58. The third kappa shape index (κ3) is 3.49. The summed E-state index contributed by atoms with van der Waals surface area (Å²) in [5, 5.41) is 14.2. The number of rotatable bonds is 7. The topological polar surface area (TPSA) is 107 Å². The number of aryl methyl sites for hydroxylation is 1. The summed E-state index contributed by atoms with van der Waals surface area (Å²) in [6.45, 7) is 3.24. The van der Waals surface area contributed by atoms with Gasteiger partial charge in [0.1, 0.15) is 12.1 Å². The molecule has 1 atom stereocenters. The van der Waals surface area contributed by atoms with E-state index in [1.54, 1.807) is 26.0 Å². The van der Waals surface area contributed by atoms with E-state index in [0.29, 0.717) is 5.56 Å². The van der Waals surface area contributed by atoms with Gasteiger partial charge in [0.15, 0.2) is 5.75 Å². The number of carbonyl (C=O) groups excluding carboxylic acids is 1. The highest BCUT2D eigenvalue weighted by molar-refractivity contribution is 5.84. The van der Waals surface area contributed by atoms with E-state index in [0.717, 1.165) is 12.8 Å². The number of ether oxygens (including phenoxy) is 1. The molecule has 0 saturated heterocycles. The summed E-state index contributed by atoms with van der Waals surface area (Å²) >= 11 is 0. The van der Waals surface area contributed by atoms with Crippen molar-refractivity contribution in [3.8, 4) is 5.75 Å². The Morgan fingerprint density at radius 2 is 2.24 bits per heavy atom. The zero-order valence-electron chi connectivity index (χ0n) is 12.1. The van der Waals surface area contributed by atoms with Crippen molar-refractivity contribution in [1.29, 1.82) is 0 Å². The lowest BCUT2D eigenvalue weighted by Crippen LogP contribution is -2.57. The highest BCUT2D eigenvalue weighted by Crippen LogP contribution is 2.31. The van der Waals surface area contributed by atoms with Crippen LogP contribution in [0.3, 0.4) is 0 Å². The Morgan fingerprint density at radius 3 is 2.76 bits per heavy atom. The first-order valence-corrected chi connectivity index (χ1v) is 6.78. The molecule has 21 heavy (non-hydrogen) atoms. The molecular formula is C14H19N3O4. The Balaban J connectivity index is 2.16. The Morgan fingerprint density at radius 1 is 1.57 bits per heavy atom. The van der Waals surface area contributed by atoms with Crippen LogP contribution in [-0.4, -0.2) is 29.0 Å². The van der Waals surface area contributed by atoms with E-state index >= 15 is 0 Å². The highest BCUT2D eigenvalue weighted by atomic mass is 16.6. The fourth-order valence-electron chi connectivity index (χ4n) is 2.07. The van der Waals surface area contributed by atoms with Crippen LogP contribution in [0, 0.1) is 17.0 Å². The maximum absolute atomic E-state index is 11.6. The zero-order valence-corrected chi connectivity index (χ0v) is 12.1. The molecule has 0 heterocycles. The lowest BCUT2D eigenvalue weighted by molar-refractivity contribution is -0.386. The van der Waals surface area contributed by atoms with Crippen LogP contribution in [0.2, 0.25) is 0 Å². The maximum Gasteiger partial charge on any atom is 0.313 e. The molecule has 2 rings (SSSR count). The number of nitrogens with one attached hydrogen (secondary N) is 1. The lowest BCUT2D eigenvalue weighted by Gasteiger charge is -2.27. The first-order chi connectivity index (χ1) is 9.83. The standard InChI is InChI=1S/C14H19N3O4/c1-9-4-3-5-11(12(9)17(19)20)21-8-14(2,13(15)18)16-10-6-7-10/h3-5,10,16H,6-8H2,1-2H3,(H2,15,18). The molecular weight excluding hydrogens is 274 g/mol. The molecule has 0 aliphatic heterocycles. The third-order valence-corrected chi connectivity index (χ3v) is 3.54. The van der Waals surface area contributed by atoms with Crippen LogP contribution in [0.15, 0.2) is 18.2 Å². The summed E-state index contributed by atoms with van der Waals surface area (Å²) in [5.41, 5.74) is 4.80. The van der Waals surface area contributed by atoms with Crippen molar-refractivity contribution in [2.24, 2.45) is 5.73 Å². The average Bonchev–Trinajstić information content (AvgIpc) is 3.19. The summed E-state index contributed by atoms with van der Waals surface area (Å²) in [6.07, 6.45) is 1.99. The maximum atomic E-state index is 11.6. The Kier molecular flexibility index (Phi) is 4.13. The van der Waals surface area contributed by atoms with Crippen LogP contribution in [0.25, 0.3) is 0 Å². The van der Waals surface area contributed by atoms with Gasteiger partial charge in [0.05, 0.1) is 4.92 Å². The molecule has 1 aliphatic rings. The van der Waals surface area contributed by atoms with Crippen molar-refractivity contribution in [3.05, 3.63) is 33.9 Å². The van der Waals surface area contributed by atoms with Crippen molar-refractivity contribution in [1.82, 2.24) is 5.32 Å². The monoisotopic (exact) mass is 293 g/mol. The fourth-order valence-corrected chi connectivity index (χ4v) is 2.07. The van der Waals surface area contributed by atoms with E-state index < -0.39 is 16.4 Å². The number of nitrogens with zero attached hydrogens (tertiary/aromatic N) is 1. The van der Waals surface area contributed by atoms with Crippen LogP contribution < -0.4 is 15.8 Å². The molecule has 0 radical (unpaired) electrons. The second kappa shape index (κ2) is 5.69. The van der Waals surface area contributed by atoms with Gasteiger partial charge in [0.2, 0.25) is 5.91 Å². The number of hydrogen-bond acceptors (Lipinski definition) is 5. The third-order valence-electron chi connectivity index (χ3n) is 3.54. The second-order valence-electron chi connectivity index (χ2n) is 5.58. The van der Waals surface area contributed by atoms with Crippen molar-refractivity contribution in [2.75, 3.05) is 6.61 Å². The predicted molar refractivity (Wildman–Crippen MR) is 77.1 cm³/mol. The smallest absolute Gasteiger partial charge is 0.313 e. The minimum absolute atomic E-state index is 0.0525. The normalized spacial score (nSPS) is 17.0. The van der Waals surface area contributed by atoms with Gasteiger partial charge in [-0.1, -0.05) is 12.1 Å². The molecule has 7 heteroatoms. The number of nitro groups is 1. The van der Waals surface area contributed by atoms with Crippen LogP contribution in [0.1, 0.15) is 25.3 Å². The number of benzene rings is 1. The highest BCUT2D eigenvalue weighted by Gasteiger charge is 2.38. The Hall–Kier alpha value is -2.15. The van der Waals surface area contributed by atoms with Crippen LogP contribution in [0.4, 0.5) is 5.69 Å². The van der Waals surface area contributed by atoms with E-state index in [1.165, 1.54) is 6.07 Å². The number of para-hydroxylation sites is 1. The summed E-state index contributed by atoms with van der Waals surface area (Å²) in [7, 11) is 0. The quantitative estimate of drug-likeness (QED) is 0.581. The molecule has 1 aromatic rings. The number of hydrogen-bond donors (Lipinski definition) is 2. The molecule has 1 fully saturated rings. The molecule has 1 aliphatic carbocycles. The Labute approximate surface area is 122 Å². The number of amides is 1. The van der Waals surface area contributed by atoms with Gasteiger partial charge in [-0.25, -0.2) is 0 Å². The number of nitrogens with two attached hydrogens (primary N) is 1. The minimum Gasteiger partial charge on any atom is -0.484 e. The van der Waals surface area contributed by atoms with Crippen molar-refractivity contribution >= 4 is 11.6 Å². The van der Waals surface area contributed by atoms with Gasteiger partial charge in [-0.2, -0.15) is 0 Å². The van der Waals surface area contributed by atoms with Gasteiger partial charge < -0.3 is 10.5 Å². The van der Waals surface area contributed by atoms with Gasteiger partial charge in [0, 0.05) is 11.6 Å². The molecule has 0 bridgehead atoms. The minimum atomic E-state index is -1.04. The molecule has 1 aromatic carbocycles. The molecule has 0 aromatic heterocycles. The molecule has 7 nitrogen and oxygen atoms in total. The molecule has 114 valence electrons. The molecule has 3 N–H and O–H groups in total.